The van der Waals surface area contributed by atoms with Crippen LogP contribution >= 0.6 is 0 Å². The standard InChI is InChI=1S/C18H21NO/c1-14-10-12-19-13-17(14)18(20)11-6-5-9-16(18)15-7-3-2-4-8-15/h2-4,7-8,10,12-13,16,20H,5-6,9,11H2,1H3. The summed E-state index contributed by atoms with van der Waals surface area (Å²) >= 11 is 0. The zero-order chi connectivity index (χ0) is 14.0. The number of hydrogen-bond donors (Lipinski definition) is 1. The number of aryl methyl sites for hydroxylation is 1. The molecule has 1 fully saturated rings. The first-order valence-corrected chi connectivity index (χ1v) is 7.40. The van der Waals surface area contributed by atoms with Crippen LogP contribution in [-0.2, 0) is 5.60 Å². The molecule has 2 nitrogen and oxygen atoms in total. The van der Waals surface area contributed by atoms with Crippen molar-refractivity contribution in [3.05, 3.63) is 65.5 Å². The van der Waals surface area contributed by atoms with E-state index >= 15 is 0 Å². The first kappa shape index (κ1) is 13.3. The maximum absolute atomic E-state index is 11.4. The van der Waals surface area contributed by atoms with Crippen LogP contribution in [0.4, 0.5) is 0 Å². The zero-order valence-electron chi connectivity index (χ0n) is 11.9. The van der Waals surface area contributed by atoms with Crippen molar-refractivity contribution in [2.24, 2.45) is 0 Å². The Morgan fingerprint density at radius 3 is 2.70 bits per heavy atom. The summed E-state index contributed by atoms with van der Waals surface area (Å²) in [6, 6.07) is 12.4. The van der Waals surface area contributed by atoms with Crippen LogP contribution in [0.1, 0.15) is 48.3 Å². The summed E-state index contributed by atoms with van der Waals surface area (Å²) in [5.41, 5.74) is 2.58. The molecule has 2 heteroatoms. The molecule has 1 aliphatic rings. The molecule has 104 valence electrons. The third kappa shape index (κ3) is 2.25. The van der Waals surface area contributed by atoms with Crippen LogP contribution in [0.25, 0.3) is 0 Å². The Hall–Kier alpha value is -1.67. The van der Waals surface area contributed by atoms with Gasteiger partial charge in [0.05, 0.1) is 5.60 Å². The average molecular weight is 267 g/mol. The lowest BCUT2D eigenvalue weighted by Gasteiger charge is -2.41. The highest BCUT2D eigenvalue weighted by molar-refractivity contribution is 5.35. The fourth-order valence-corrected chi connectivity index (χ4v) is 3.52. The van der Waals surface area contributed by atoms with E-state index in [2.05, 4.69) is 36.2 Å². The minimum atomic E-state index is -0.780. The summed E-state index contributed by atoms with van der Waals surface area (Å²) < 4.78 is 0. The molecule has 2 unspecified atom stereocenters. The average Bonchev–Trinajstić information content (AvgIpc) is 2.49. The second-order valence-corrected chi connectivity index (χ2v) is 5.82. The number of nitrogens with zero attached hydrogens (tertiary/aromatic N) is 1. The van der Waals surface area contributed by atoms with E-state index in [-0.39, 0.29) is 5.92 Å². The normalized spacial score (nSPS) is 26.4. The third-order valence-corrected chi connectivity index (χ3v) is 4.58. The Labute approximate surface area is 120 Å². The van der Waals surface area contributed by atoms with Crippen molar-refractivity contribution in [1.82, 2.24) is 4.98 Å². The number of rotatable bonds is 2. The molecule has 1 aliphatic carbocycles. The van der Waals surface area contributed by atoms with Gasteiger partial charge in [0.1, 0.15) is 0 Å². The van der Waals surface area contributed by atoms with Crippen LogP contribution in [-0.4, -0.2) is 10.1 Å². The monoisotopic (exact) mass is 267 g/mol. The largest absolute Gasteiger partial charge is 0.384 e. The number of pyridine rings is 1. The molecule has 0 amide bonds. The van der Waals surface area contributed by atoms with E-state index in [1.54, 1.807) is 6.20 Å². The molecule has 0 bridgehead atoms. The van der Waals surface area contributed by atoms with E-state index in [1.165, 1.54) is 12.0 Å². The highest BCUT2D eigenvalue weighted by Crippen LogP contribution is 2.47. The molecule has 1 aromatic carbocycles. The molecule has 0 spiro atoms. The zero-order valence-corrected chi connectivity index (χ0v) is 11.9. The van der Waals surface area contributed by atoms with Crippen LogP contribution in [0.15, 0.2) is 48.8 Å². The summed E-state index contributed by atoms with van der Waals surface area (Å²) in [5.74, 6) is 0.167. The van der Waals surface area contributed by atoms with Gasteiger partial charge in [-0.2, -0.15) is 0 Å². The highest BCUT2D eigenvalue weighted by atomic mass is 16.3. The summed E-state index contributed by atoms with van der Waals surface area (Å²) in [5, 5.41) is 11.4. The van der Waals surface area contributed by atoms with E-state index in [4.69, 9.17) is 0 Å². The second kappa shape index (κ2) is 5.37. The number of aromatic nitrogens is 1. The maximum Gasteiger partial charge on any atom is 0.0982 e. The van der Waals surface area contributed by atoms with E-state index in [9.17, 15) is 5.11 Å². The van der Waals surface area contributed by atoms with Gasteiger partial charge in [0.25, 0.3) is 0 Å². The van der Waals surface area contributed by atoms with Gasteiger partial charge in [-0.1, -0.05) is 43.2 Å². The van der Waals surface area contributed by atoms with Crippen LogP contribution in [0.5, 0.6) is 0 Å². The van der Waals surface area contributed by atoms with E-state index in [1.807, 2.05) is 18.3 Å². The van der Waals surface area contributed by atoms with Gasteiger partial charge in [-0.25, -0.2) is 0 Å². The summed E-state index contributed by atoms with van der Waals surface area (Å²) in [4.78, 5) is 4.23. The predicted molar refractivity (Wildman–Crippen MR) is 80.5 cm³/mol. The molecular formula is C18H21NO. The molecule has 2 aromatic rings. The van der Waals surface area contributed by atoms with Crippen molar-refractivity contribution in [2.75, 3.05) is 0 Å². The van der Waals surface area contributed by atoms with Crippen molar-refractivity contribution < 1.29 is 5.11 Å². The molecule has 1 saturated carbocycles. The van der Waals surface area contributed by atoms with Crippen molar-refractivity contribution in [1.29, 1.82) is 0 Å². The smallest absolute Gasteiger partial charge is 0.0982 e. The fraction of sp³-hybridized carbons (Fsp3) is 0.389. The van der Waals surface area contributed by atoms with E-state index in [0.29, 0.717) is 0 Å². The molecule has 0 radical (unpaired) electrons. The van der Waals surface area contributed by atoms with Gasteiger partial charge in [0, 0.05) is 23.9 Å². The van der Waals surface area contributed by atoms with Gasteiger partial charge in [0.15, 0.2) is 0 Å². The van der Waals surface area contributed by atoms with Crippen LogP contribution in [0.2, 0.25) is 0 Å². The summed E-state index contributed by atoms with van der Waals surface area (Å²) in [6.45, 7) is 2.06. The lowest BCUT2D eigenvalue weighted by Crippen LogP contribution is -2.37. The predicted octanol–water partition coefficient (Wildman–Crippen LogP) is 3.94. The Balaban J connectivity index is 2.06. The lowest BCUT2D eigenvalue weighted by atomic mass is 9.68. The van der Waals surface area contributed by atoms with Crippen molar-refractivity contribution >= 4 is 0 Å². The SMILES string of the molecule is Cc1ccncc1C1(O)CCCCC1c1ccccc1. The molecule has 0 aliphatic heterocycles. The number of hydrogen-bond acceptors (Lipinski definition) is 2. The molecule has 1 aromatic heterocycles. The second-order valence-electron chi connectivity index (χ2n) is 5.82. The van der Waals surface area contributed by atoms with Gasteiger partial charge in [-0.05, 0) is 37.0 Å². The Bertz CT molecular complexity index is 581. The van der Waals surface area contributed by atoms with Gasteiger partial charge in [-0.15, -0.1) is 0 Å². The Morgan fingerprint density at radius 2 is 1.95 bits per heavy atom. The van der Waals surface area contributed by atoms with Crippen LogP contribution in [0, 0.1) is 6.92 Å². The molecular weight excluding hydrogens is 246 g/mol. The number of benzene rings is 1. The minimum Gasteiger partial charge on any atom is -0.384 e. The lowest BCUT2D eigenvalue weighted by molar-refractivity contribution is -0.0232. The van der Waals surface area contributed by atoms with E-state index in [0.717, 1.165) is 30.4 Å². The number of aliphatic hydroxyl groups is 1. The highest BCUT2D eigenvalue weighted by Gasteiger charge is 2.42. The van der Waals surface area contributed by atoms with Gasteiger partial charge in [-0.3, -0.25) is 4.98 Å². The third-order valence-electron chi connectivity index (χ3n) is 4.58. The van der Waals surface area contributed by atoms with Crippen LogP contribution in [0.3, 0.4) is 0 Å². The van der Waals surface area contributed by atoms with E-state index < -0.39 is 5.60 Å². The van der Waals surface area contributed by atoms with Crippen LogP contribution < -0.4 is 0 Å². The molecule has 0 saturated heterocycles. The van der Waals surface area contributed by atoms with Crippen molar-refractivity contribution in [3.8, 4) is 0 Å². The molecule has 2 atom stereocenters. The first-order valence-electron chi connectivity index (χ1n) is 7.40. The maximum atomic E-state index is 11.4. The molecule has 20 heavy (non-hydrogen) atoms. The fourth-order valence-electron chi connectivity index (χ4n) is 3.52. The summed E-state index contributed by atoms with van der Waals surface area (Å²) in [7, 11) is 0. The van der Waals surface area contributed by atoms with Gasteiger partial charge >= 0.3 is 0 Å². The van der Waals surface area contributed by atoms with Gasteiger partial charge < -0.3 is 5.11 Å². The molecule has 1 N–H and O–H groups in total. The molecule has 3 rings (SSSR count). The minimum absolute atomic E-state index is 0.167. The Kier molecular flexibility index (Phi) is 3.58. The van der Waals surface area contributed by atoms with Crippen molar-refractivity contribution in [2.45, 2.75) is 44.1 Å². The first-order chi connectivity index (χ1) is 9.72. The quantitative estimate of drug-likeness (QED) is 0.894. The topological polar surface area (TPSA) is 33.1 Å². The van der Waals surface area contributed by atoms with Gasteiger partial charge in [0.2, 0.25) is 0 Å². The summed E-state index contributed by atoms with van der Waals surface area (Å²) in [6.07, 6.45) is 7.75. The Morgan fingerprint density at radius 1 is 1.15 bits per heavy atom. The van der Waals surface area contributed by atoms with Crippen molar-refractivity contribution in [3.63, 3.8) is 0 Å². The molecule has 1 heterocycles.